The van der Waals surface area contributed by atoms with Crippen molar-refractivity contribution in [1.29, 1.82) is 0 Å². The van der Waals surface area contributed by atoms with Gasteiger partial charge in [0.25, 0.3) is 0 Å². The summed E-state index contributed by atoms with van der Waals surface area (Å²) in [6.07, 6.45) is 0.698. The molecule has 0 saturated carbocycles. The van der Waals surface area contributed by atoms with Gasteiger partial charge in [-0.2, -0.15) is 0 Å². The van der Waals surface area contributed by atoms with Gasteiger partial charge < -0.3 is 5.32 Å². The van der Waals surface area contributed by atoms with E-state index in [4.69, 9.17) is 0 Å². The molecule has 1 atom stereocenters. The van der Waals surface area contributed by atoms with Crippen molar-refractivity contribution in [3.05, 3.63) is 29.3 Å². The summed E-state index contributed by atoms with van der Waals surface area (Å²) in [5.74, 6) is -0.989. The number of hydrogen-bond donors (Lipinski definition) is 1. The van der Waals surface area contributed by atoms with E-state index in [9.17, 15) is 8.78 Å². The summed E-state index contributed by atoms with van der Waals surface area (Å²) in [5.41, 5.74) is 1.20. The Bertz CT molecular complexity index is 328. The minimum Gasteiger partial charge on any atom is -0.380 e. The van der Waals surface area contributed by atoms with Crippen LogP contribution in [-0.4, -0.2) is 6.04 Å². The van der Waals surface area contributed by atoms with Crippen molar-refractivity contribution in [1.82, 2.24) is 0 Å². The monoisotopic (exact) mass is 205 g/mol. The van der Waals surface area contributed by atoms with Crippen LogP contribution in [-0.2, 0) is 6.42 Å². The molecule has 0 bridgehead atoms. The molecule has 72 valence electrons. The summed E-state index contributed by atoms with van der Waals surface area (Å²) in [6, 6.07) is 2.50. The lowest BCUT2D eigenvalue weighted by Crippen LogP contribution is -2.08. The third-order valence-corrected chi connectivity index (χ3v) is 2.05. The maximum absolute atomic E-state index is 13.0. The van der Waals surface area contributed by atoms with Crippen LogP contribution in [0.2, 0.25) is 0 Å². The molecule has 1 nitrogen and oxygen atoms in total. The Morgan fingerprint density at radius 3 is 2.77 bits per heavy atom. The van der Waals surface area contributed by atoms with E-state index in [1.807, 2.05) is 6.92 Å². The van der Waals surface area contributed by atoms with Crippen molar-refractivity contribution in [3.8, 4) is 0 Å². The minimum atomic E-state index is -0.498. The van der Waals surface area contributed by atoms with Gasteiger partial charge in [-0.1, -0.05) is 0 Å². The van der Waals surface area contributed by atoms with Crippen LogP contribution in [0.15, 0.2) is 12.1 Å². The Balaban J connectivity index is 0.000000845. The van der Waals surface area contributed by atoms with Gasteiger partial charge in [-0.3, -0.25) is 0 Å². The van der Waals surface area contributed by atoms with Crippen LogP contribution in [0.3, 0.4) is 0 Å². The molecular weight excluding hydrogens is 196 g/mol. The lowest BCUT2D eigenvalue weighted by molar-refractivity contribution is 0.585. The number of rotatable bonds is 0. The van der Waals surface area contributed by atoms with Gasteiger partial charge in [-0.15, -0.1) is 12.4 Å². The van der Waals surface area contributed by atoms with Crippen molar-refractivity contribution >= 4 is 18.1 Å². The van der Waals surface area contributed by atoms with E-state index in [2.05, 4.69) is 5.32 Å². The number of halogens is 3. The largest absolute Gasteiger partial charge is 0.380 e. The fraction of sp³-hybridized carbons (Fsp3) is 0.333. The summed E-state index contributed by atoms with van der Waals surface area (Å²) >= 11 is 0. The first-order chi connectivity index (χ1) is 5.66. The van der Waals surface area contributed by atoms with Gasteiger partial charge in [0, 0.05) is 12.1 Å². The van der Waals surface area contributed by atoms with E-state index in [0.717, 1.165) is 11.6 Å². The molecule has 0 fully saturated rings. The minimum absolute atomic E-state index is 0. The molecule has 0 aliphatic carbocycles. The van der Waals surface area contributed by atoms with Crippen LogP contribution in [0.4, 0.5) is 14.5 Å². The molecule has 1 unspecified atom stereocenters. The highest BCUT2D eigenvalue weighted by molar-refractivity contribution is 5.85. The molecule has 1 N–H and O–H groups in total. The van der Waals surface area contributed by atoms with Gasteiger partial charge in [0.2, 0.25) is 0 Å². The predicted molar refractivity (Wildman–Crippen MR) is 50.4 cm³/mol. The molecule has 1 aliphatic heterocycles. The van der Waals surface area contributed by atoms with Gasteiger partial charge in [-0.05, 0) is 25.0 Å². The number of hydrogen-bond acceptors (Lipinski definition) is 1. The Morgan fingerprint density at radius 1 is 1.38 bits per heavy atom. The highest BCUT2D eigenvalue weighted by Gasteiger charge is 2.20. The molecule has 1 aliphatic rings. The van der Waals surface area contributed by atoms with Gasteiger partial charge in [-0.25, -0.2) is 8.78 Å². The molecule has 4 heteroatoms. The highest BCUT2D eigenvalue weighted by Crippen LogP contribution is 2.29. The molecule has 1 aromatic rings. The predicted octanol–water partition coefficient (Wildman–Crippen LogP) is 2.74. The van der Waals surface area contributed by atoms with Crippen molar-refractivity contribution in [2.45, 2.75) is 19.4 Å². The van der Waals surface area contributed by atoms with E-state index in [0.29, 0.717) is 12.1 Å². The summed E-state index contributed by atoms with van der Waals surface area (Å²) in [5, 5.41) is 2.95. The van der Waals surface area contributed by atoms with Crippen LogP contribution < -0.4 is 5.32 Å². The fourth-order valence-electron chi connectivity index (χ4n) is 1.58. The van der Waals surface area contributed by atoms with E-state index in [-0.39, 0.29) is 18.4 Å². The summed E-state index contributed by atoms with van der Waals surface area (Å²) in [4.78, 5) is 0. The van der Waals surface area contributed by atoms with E-state index in [1.54, 1.807) is 0 Å². The molecule has 2 rings (SSSR count). The fourth-order valence-corrected chi connectivity index (χ4v) is 1.58. The number of anilines is 1. The first-order valence-electron chi connectivity index (χ1n) is 3.91. The zero-order valence-electron chi connectivity index (χ0n) is 7.10. The molecule has 13 heavy (non-hydrogen) atoms. The second kappa shape index (κ2) is 3.50. The van der Waals surface area contributed by atoms with Crippen molar-refractivity contribution in [2.75, 3.05) is 5.32 Å². The van der Waals surface area contributed by atoms with Gasteiger partial charge in [0.15, 0.2) is 0 Å². The number of fused-ring (bicyclic) bond motifs is 1. The molecule has 0 amide bonds. The summed E-state index contributed by atoms with van der Waals surface area (Å²) in [7, 11) is 0. The third-order valence-electron chi connectivity index (χ3n) is 2.05. The summed E-state index contributed by atoms with van der Waals surface area (Å²) in [6.45, 7) is 1.94. The Morgan fingerprint density at radius 2 is 2.08 bits per heavy atom. The van der Waals surface area contributed by atoms with Crippen LogP contribution in [0.5, 0.6) is 0 Å². The molecule has 0 aromatic heterocycles. The van der Waals surface area contributed by atoms with Crippen LogP contribution in [0, 0.1) is 11.6 Å². The first-order valence-corrected chi connectivity index (χ1v) is 3.91. The van der Waals surface area contributed by atoms with Crippen LogP contribution in [0.25, 0.3) is 0 Å². The van der Waals surface area contributed by atoms with Crippen LogP contribution in [0.1, 0.15) is 12.5 Å². The zero-order chi connectivity index (χ0) is 8.72. The average Bonchev–Trinajstić information content (AvgIpc) is 2.29. The SMILES string of the molecule is CC1Cc2cc(F)cc(F)c2N1.Cl. The molecular formula is C9H10ClF2N. The average molecular weight is 206 g/mol. The Hall–Kier alpha value is -0.830. The van der Waals surface area contributed by atoms with E-state index >= 15 is 0 Å². The zero-order valence-corrected chi connectivity index (χ0v) is 7.92. The lowest BCUT2D eigenvalue weighted by Gasteiger charge is -2.02. The second-order valence-corrected chi connectivity index (χ2v) is 3.17. The maximum atomic E-state index is 13.0. The summed E-state index contributed by atoms with van der Waals surface area (Å²) < 4.78 is 25.7. The standard InChI is InChI=1S/C9H9F2N.ClH/c1-5-2-6-3-7(10)4-8(11)9(6)12-5;/h3-5,12H,2H2,1H3;1H. The molecule has 0 saturated heterocycles. The van der Waals surface area contributed by atoms with E-state index in [1.165, 1.54) is 6.07 Å². The maximum Gasteiger partial charge on any atom is 0.149 e. The highest BCUT2D eigenvalue weighted by atomic mass is 35.5. The van der Waals surface area contributed by atoms with Gasteiger partial charge >= 0.3 is 0 Å². The quantitative estimate of drug-likeness (QED) is 0.687. The van der Waals surface area contributed by atoms with Crippen molar-refractivity contribution in [3.63, 3.8) is 0 Å². The first kappa shape index (κ1) is 10.3. The third kappa shape index (κ3) is 1.75. The Labute approximate surface area is 81.6 Å². The molecule has 0 spiro atoms. The number of benzene rings is 1. The van der Waals surface area contributed by atoms with E-state index < -0.39 is 11.6 Å². The Kier molecular flexibility index (Phi) is 2.76. The van der Waals surface area contributed by atoms with Crippen molar-refractivity contribution in [2.24, 2.45) is 0 Å². The van der Waals surface area contributed by atoms with Gasteiger partial charge in [0.05, 0.1) is 5.69 Å². The molecule has 1 aromatic carbocycles. The molecule has 1 heterocycles. The topological polar surface area (TPSA) is 12.0 Å². The van der Waals surface area contributed by atoms with Crippen LogP contribution >= 0.6 is 12.4 Å². The van der Waals surface area contributed by atoms with Crippen molar-refractivity contribution < 1.29 is 8.78 Å². The smallest absolute Gasteiger partial charge is 0.149 e. The molecule has 0 radical (unpaired) electrons. The van der Waals surface area contributed by atoms with Gasteiger partial charge in [0.1, 0.15) is 11.6 Å². The second-order valence-electron chi connectivity index (χ2n) is 3.17. The normalized spacial score (nSPS) is 18.8. The number of nitrogens with one attached hydrogen (secondary N) is 1. The lowest BCUT2D eigenvalue weighted by atomic mass is 10.1.